The van der Waals surface area contributed by atoms with Crippen LogP contribution in [0, 0.1) is 0 Å². The molecule has 1 heterocycles. The average Bonchev–Trinajstić information content (AvgIpc) is 3.64. The summed E-state index contributed by atoms with van der Waals surface area (Å²) in [7, 11) is 0. The fourth-order valence-electron chi connectivity index (χ4n) is 7.76. The highest BCUT2D eigenvalue weighted by Gasteiger charge is 2.17. The maximum Gasteiger partial charge on any atom is 0.0467 e. The van der Waals surface area contributed by atoms with Gasteiger partial charge in [0.05, 0.1) is 0 Å². The topological polar surface area (TPSA) is 3.24 Å². The fraction of sp³-hybridized carbons (Fsp3) is 0. The summed E-state index contributed by atoms with van der Waals surface area (Å²) in [5.74, 6) is 0. The van der Waals surface area contributed by atoms with Gasteiger partial charge in [0, 0.05) is 37.2 Å². The van der Waals surface area contributed by atoms with Gasteiger partial charge in [-0.15, -0.1) is 11.3 Å². The SMILES string of the molecule is c1ccc(-c2ccc(-c3ccc(N(c4cccc(-c5ccc6ccccc6c5)c4)c4cccc(-c5cccc6sc7ccccc7c56)c4)cc3)cc2)cc1. The number of benzene rings is 9. The van der Waals surface area contributed by atoms with Crippen LogP contribution in [0.5, 0.6) is 0 Å². The van der Waals surface area contributed by atoms with E-state index < -0.39 is 0 Å². The Morgan fingerprint density at radius 1 is 0.296 bits per heavy atom. The van der Waals surface area contributed by atoms with E-state index in [2.05, 4.69) is 217 Å². The molecule has 0 aliphatic heterocycles. The van der Waals surface area contributed by atoms with E-state index in [9.17, 15) is 0 Å². The van der Waals surface area contributed by atoms with Crippen molar-refractivity contribution in [1.29, 1.82) is 0 Å². The second-order valence-corrected chi connectivity index (χ2v) is 14.8. The first kappa shape index (κ1) is 32.0. The van der Waals surface area contributed by atoms with Crippen LogP contribution in [-0.4, -0.2) is 0 Å². The Bertz CT molecular complexity index is 2920. The number of thiophene rings is 1. The van der Waals surface area contributed by atoms with Gasteiger partial charge in [0.1, 0.15) is 0 Å². The van der Waals surface area contributed by atoms with Crippen molar-refractivity contribution in [2.75, 3.05) is 4.90 Å². The van der Waals surface area contributed by atoms with Crippen molar-refractivity contribution in [2.45, 2.75) is 0 Å². The van der Waals surface area contributed by atoms with Gasteiger partial charge in [0.15, 0.2) is 0 Å². The molecule has 0 amide bonds. The van der Waals surface area contributed by atoms with Gasteiger partial charge < -0.3 is 4.90 Å². The van der Waals surface area contributed by atoms with Crippen molar-refractivity contribution >= 4 is 59.3 Å². The molecule has 0 N–H and O–H groups in total. The molecular formula is C52H35NS. The lowest BCUT2D eigenvalue weighted by atomic mass is 9.98. The van der Waals surface area contributed by atoms with Crippen molar-refractivity contribution in [3.8, 4) is 44.5 Å². The second-order valence-electron chi connectivity index (χ2n) is 13.8. The highest BCUT2D eigenvalue weighted by Crippen LogP contribution is 2.43. The molecule has 0 saturated heterocycles. The van der Waals surface area contributed by atoms with E-state index in [4.69, 9.17) is 0 Å². The van der Waals surface area contributed by atoms with E-state index in [1.165, 1.54) is 75.5 Å². The highest BCUT2D eigenvalue weighted by atomic mass is 32.1. The first-order valence-electron chi connectivity index (χ1n) is 18.4. The van der Waals surface area contributed by atoms with Crippen molar-refractivity contribution in [3.05, 3.63) is 212 Å². The fourth-order valence-corrected chi connectivity index (χ4v) is 8.89. The van der Waals surface area contributed by atoms with Crippen LogP contribution in [0.1, 0.15) is 0 Å². The standard InChI is InChI=1S/C52H35NS/c1-2-11-36(12-3-1)38-23-25-39(26-24-38)40-29-31-45(32-30-40)53(46-17-8-15-42(34-46)43-28-27-37-13-4-5-14-41(37)33-43)47-18-9-16-44(35-47)48-20-10-22-51-52(48)49-19-6-7-21-50(49)54-51/h1-35H. The molecule has 54 heavy (non-hydrogen) atoms. The van der Waals surface area contributed by atoms with Gasteiger partial charge in [-0.05, 0) is 110 Å². The van der Waals surface area contributed by atoms with Crippen LogP contribution in [0.25, 0.3) is 75.5 Å². The van der Waals surface area contributed by atoms with Gasteiger partial charge in [0.2, 0.25) is 0 Å². The normalized spacial score (nSPS) is 11.3. The maximum atomic E-state index is 2.39. The predicted molar refractivity (Wildman–Crippen MR) is 233 cm³/mol. The summed E-state index contributed by atoms with van der Waals surface area (Å²) in [6.07, 6.45) is 0. The molecule has 0 spiro atoms. The zero-order valence-electron chi connectivity index (χ0n) is 29.6. The molecule has 2 heteroatoms. The van der Waals surface area contributed by atoms with Crippen molar-refractivity contribution < 1.29 is 0 Å². The van der Waals surface area contributed by atoms with E-state index in [-0.39, 0.29) is 0 Å². The van der Waals surface area contributed by atoms with Gasteiger partial charge in [-0.3, -0.25) is 0 Å². The molecule has 1 aromatic heterocycles. The minimum absolute atomic E-state index is 1.10. The van der Waals surface area contributed by atoms with Crippen LogP contribution in [0.2, 0.25) is 0 Å². The summed E-state index contributed by atoms with van der Waals surface area (Å²) in [5, 5.41) is 5.13. The van der Waals surface area contributed by atoms with Crippen molar-refractivity contribution in [3.63, 3.8) is 0 Å². The van der Waals surface area contributed by atoms with Gasteiger partial charge in [0.25, 0.3) is 0 Å². The molecule has 0 bridgehead atoms. The molecule has 0 aliphatic rings. The van der Waals surface area contributed by atoms with Crippen molar-refractivity contribution in [1.82, 2.24) is 0 Å². The van der Waals surface area contributed by atoms with Gasteiger partial charge in [-0.2, -0.15) is 0 Å². The Morgan fingerprint density at radius 3 is 1.57 bits per heavy atom. The lowest BCUT2D eigenvalue weighted by Crippen LogP contribution is -2.10. The molecule has 0 fully saturated rings. The number of nitrogens with zero attached hydrogens (tertiary/aromatic N) is 1. The average molecular weight is 706 g/mol. The summed E-state index contributed by atoms with van der Waals surface area (Å²) in [5.41, 5.74) is 13.0. The van der Waals surface area contributed by atoms with E-state index in [0.29, 0.717) is 0 Å². The van der Waals surface area contributed by atoms with E-state index >= 15 is 0 Å². The summed E-state index contributed by atoms with van der Waals surface area (Å²) >= 11 is 1.86. The molecule has 9 aromatic carbocycles. The second kappa shape index (κ2) is 13.7. The van der Waals surface area contributed by atoms with Crippen LogP contribution in [-0.2, 0) is 0 Å². The summed E-state index contributed by atoms with van der Waals surface area (Å²) < 4.78 is 2.63. The molecule has 0 saturated carbocycles. The minimum Gasteiger partial charge on any atom is -0.310 e. The number of hydrogen-bond donors (Lipinski definition) is 0. The highest BCUT2D eigenvalue weighted by molar-refractivity contribution is 7.25. The third kappa shape index (κ3) is 5.93. The maximum absolute atomic E-state index is 2.39. The van der Waals surface area contributed by atoms with E-state index in [1.807, 2.05) is 11.3 Å². The van der Waals surface area contributed by atoms with E-state index in [1.54, 1.807) is 0 Å². The molecule has 0 radical (unpaired) electrons. The van der Waals surface area contributed by atoms with Crippen LogP contribution in [0.4, 0.5) is 17.1 Å². The number of fused-ring (bicyclic) bond motifs is 4. The Morgan fingerprint density at radius 2 is 0.815 bits per heavy atom. The lowest BCUT2D eigenvalue weighted by molar-refractivity contribution is 1.28. The van der Waals surface area contributed by atoms with Gasteiger partial charge in [-0.1, -0.05) is 158 Å². The first-order valence-corrected chi connectivity index (χ1v) is 19.2. The molecule has 0 unspecified atom stereocenters. The smallest absolute Gasteiger partial charge is 0.0467 e. The van der Waals surface area contributed by atoms with Crippen LogP contribution in [0.15, 0.2) is 212 Å². The Hall–Kier alpha value is -6.74. The largest absolute Gasteiger partial charge is 0.310 e. The molecule has 1 nitrogen and oxygen atoms in total. The van der Waals surface area contributed by atoms with Crippen molar-refractivity contribution in [2.24, 2.45) is 0 Å². The third-order valence-electron chi connectivity index (χ3n) is 10.5. The molecule has 0 atom stereocenters. The molecule has 10 aromatic rings. The Balaban J connectivity index is 1.08. The number of hydrogen-bond acceptors (Lipinski definition) is 2. The number of anilines is 3. The molecule has 10 rings (SSSR count). The number of rotatable bonds is 7. The minimum atomic E-state index is 1.10. The Kier molecular flexibility index (Phi) is 8.09. The predicted octanol–water partition coefficient (Wildman–Crippen LogP) is 15.3. The van der Waals surface area contributed by atoms with Crippen LogP contribution in [0.3, 0.4) is 0 Å². The van der Waals surface area contributed by atoms with Gasteiger partial charge >= 0.3 is 0 Å². The molecule has 254 valence electrons. The van der Waals surface area contributed by atoms with Crippen LogP contribution >= 0.6 is 11.3 Å². The summed E-state index contributed by atoms with van der Waals surface area (Å²) in [6, 6.07) is 77.2. The Labute approximate surface area is 319 Å². The lowest BCUT2D eigenvalue weighted by Gasteiger charge is -2.27. The zero-order chi connectivity index (χ0) is 35.8. The first-order chi connectivity index (χ1) is 26.7. The monoisotopic (exact) mass is 705 g/mol. The third-order valence-corrected chi connectivity index (χ3v) is 11.6. The quantitative estimate of drug-likeness (QED) is 0.160. The van der Waals surface area contributed by atoms with E-state index in [0.717, 1.165) is 17.1 Å². The van der Waals surface area contributed by atoms with Crippen LogP contribution < -0.4 is 4.90 Å². The zero-order valence-corrected chi connectivity index (χ0v) is 30.4. The summed E-state index contributed by atoms with van der Waals surface area (Å²) in [4.78, 5) is 2.39. The summed E-state index contributed by atoms with van der Waals surface area (Å²) in [6.45, 7) is 0. The molecule has 0 aliphatic carbocycles. The molecular weight excluding hydrogens is 671 g/mol. The van der Waals surface area contributed by atoms with Gasteiger partial charge in [-0.25, -0.2) is 0 Å².